The Morgan fingerprint density at radius 1 is 1.45 bits per heavy atom. The SMILES string of the molecule is CC#CCC[C@H](CN=O)N=O. The second-order valence-corrected chi connectivity index (χ2v) is 2.04. The van der Waals surface area contributed by atoms with Crippen molar-refractivity contribution >= 4 is 0 Å². The standard InChI is InChI=1S/C7H10N2O2/c1-2-3-4-5-7(9-11)6-8-10/h7H,4-6H2,1H3/t7-/m1/s1. The Labute approximate surface area is 65.3 Å². The molecular formula is C7H10N2O2. The summed E-state index contributed by atoms with van der Waals surface area (Å²) >= 11 is 0. The van der Waals surface area contributed by atoms with Gasteiger partial charge in [-0.1, -0.05) is 10.4 Å². The lowest BCUT2D eigenvalue weighted by Crippen LogP contribution is -2.06. The highest BCUT2D eigenvalue weighted by atomic mass is 16.3. The van der Waals surface area contributed by atoms with Crippen molar-refractivity contribution < 1.29 is 0 Å². The Bertz CT molecular complexity index is 181. The molecule has 0 aromatic carbocycles. The lowest BCUT2D eigenvalue weighted by atomic mass is 10.2. The van der Waals surface area contributed by atoms with Crippen molar-refractivity contribution in [3.8, 4) is 11.8 Å². The maximum atomic E-state index is 9.99. The summed E-state index contributed by atoms with van der Waals surface area (Å²) in [7, 11) is 0. The molecule has 1 atom stereocenters. The first kappa shape index (κ1) is 9.76. The van der Waals surface area contributed by atoms with Gasteiger partial charge in [0.1, 0.15) is 12.6 Å². The maximum absolute atomic E-state index is 9.99. The average Bonchev–Trinajstić information content (AvgIpc) is 2.03. The van der Waals surface area contributed by atoms with E-state index < -0.39 is 6.04 Å². The molecule has 0 aromatic rings. The van der Waals surface area contributed by atoms with E-state index >= 15 is 0 Å². The highest BCUT2D eigenvalue weighted by Crippen LogP contribution is 2.00. The summed E-state index contributed by atoms with van der Waals surface area (Å²) in [5.74, 6) is 5.47. The van der Waals surface area contributed by atoms with E-state index in [-0.39, 0.29) is 6.54 Å². The summed E-state index contributed by atoms with van der Waals surface area (Å²) in [6, 6.07) is -0.492. The summed E-state index contributed by atoms with van der Waals surface area (Å²) < 4.78 is 0. The van der Waals surface area contributed by atoms with Gasteiger partial charge in [0.05, 0.1) is 0 Å². The summed E-state index contributed by atoms with van der Waals surface area (Å²) in [5, 5.41) is 5.33. The largest absolute Gasteiger partial charge is 0.151 e. The van der Waals surface area contributed by atoms with Crippen molar-refractivity contribution in [2.24, 2.45) is 10.4 Å². The van der Waals surface area contributed by atoms with Gasteiger partial charge in [0, 0.05) is 6.42 Å². The van der Waals surface area contributed by atoms with Gasteiger partial charge in [0.2, 0.25) is 0 Å². The van der Waals surface area contributed by atoms with Crippen molar-refractivity contribution in [2.45, 2.75) is 25.8 Å². The zero-order valence-electron chi connectivity index (χ0n) is 6.41. The summed E-state index contributed by atoms with van der Waals surface area (Å²) in [5.41, 5.74) is 0. The third kappa shape index (κ3) is 5.22. The smallest absolute Gasteiger partial charge is 0.116 e. The fourth-order valence-corrected chi connectivity index (χ4v) is 0.627. The molecule has 0 rings (SSSR count). The first-order chi connectivity index (χ1) is 5.35. The quantitative estimate of drug-likeness (QED) is 0.447. The molecule has 0 aliphatic heterocycles. The van der Waals surface area contributed by atoms with Gasteiger partial charge in [0.15, 0.2) is 0 Å². The lowest BCUT2D eigenvalue weighted by Gasteiger charge is -1.98. The molecular weight excluding hydrogens is 144 g/mol. The Hall–Kier alpha value is -1.24. The topological polar surface area (TPSA) is 58.9 Å². The third-order valence-electron chi connectivity index (χ3n) is 1.21. The van der Waals surface area contributed by atoms with Crippen LogP contribution in [0.2, 0.25) is 0 Å². The average molecular weight is 154 g/mol. The Kier molecular flexibility index (Phi) is 6.10. The molecule has 0 aromatic heterocycles. The molecule has 0 saturated carbocycles. The summed E-state index contributed by atoms with van der Waals surface area (Å²) in [6.07, 6.45) is 1.12. The highest BCUT2D eigenvalue weighted by Gasteiger charge is 2.06. The van der Waals surface area contributed by atoms with Crippen LogP contribution in [0.25, 0.3) is 0 Å². The van der Waals surface area contributed by atoms with E-state index in [0.717, 1.165) is 0 Å². The van der Waals surface area contributed by atoms with Crippen LogP contribution in [0.3, 0.4) is 0 Å². The lowest BCUT2D eigenvalue weighted by molar-refractivity contribution is 0.632. The zero-order valence-corrected chi connectivity index (χ0v) is 6.41. The minimum Gasteiger partial charge on any atom is -0.151 e. The predicted octanol–water partition coefficient (Wildman–Crippen LogP) is 1.69. The minimum absolute atomic E-state index is 0.0328. The van der Waals surface area contributed by atoms with E-state index in [1.165, 1.54) is 0 Å². The Balaban J connectivity index is 3.56. The van der Waals surface area contributed by atoms with Crippen molar-refractivity contribution in [1.82, 2.24) is 0 Å². The third-order valence-corrected chi connectivity index (χ3v) is 1.21. The number of nitroso groups, excluding NO2 is 2. The number of hydrogen-bond acceptors (Lipinski definition) is 4. The first-order valence-corrected chi connectivity index (χ1v) is 3.36. The fraction of sp³-hybridized carbons (Fsp3) is 0.714. The molecule has 0 amide bonds. The number of hydrogen-bond donors (Lipinski definition) is 0. The van der Waals surface area contributed by atoms with Crippen LogP contribution in [-0.4, -0.2) is 12.6 Å². The Morgan fingerprint density at radius 2 is 2.18 bits per heavy atom. The van der Waals surface area contributed by atoms with Crippen molar-refractivity contribution in [3.63, 3.8) is 0 Å². The van der Waals surface area contributed by atoms with Crippen LogP contribution in [0.4, 0.5) is 0 Å². The molecule has 60 valence electrons. The molecule has 0 spiro atoms. The molecule has 4 heteroatoms. The maximum Gasteiger partial charge on any atom is 0.116 e. The monoisotopic (exact) mass is 154 g/mol. The minimum atomic E-state index is -0.492. The van der Waals surface area contributed by atoms with Crippen molar-refractivity contribution in [1.29, 1.82) is 0 Å². The first-order valence-electron chi connectivity index (χ1n) is 3.36. The van der Waals surface area contributed by atoms with E-state index in [2.05, 4.69) is 22.2 Å². The molecule has 0 unspecified atom stereocenters. The van der Waals surface area contributed by atoms with Gasteiger partial charge < -0.3 is 0 Å². The molecule has 0 radical (unpaired) electrons. The van der Waals surface area contributed by atoms with Gasteiger partial charge in [-0.3, -0.25) is 0 Å². The second kappa shape index (κ2) is 6.87. The van der Waals surface area contributed by atoms with Gasteiger partial charge in [-0.25, -0.2) is 0 Å². The highest BCUT2D eigenvalue weighted by molar-refractivity contribution is 4.95. The van der Waals surface area contributed by atoms with E-state index in [4.69, 9.17) is 0 Å². The van der Waals surface area contributed by atoms with E-state index in [1.54, 1.807) is 6.92 Å². The normalized spacial score (nSPS) is 11.0. The Morgan fingerprint density at radius 3 is 2.64 bits per heavy atom. The summed E-state index contributed by atoms with van der Waals surface area (Å²) in [6.45, 7) is 1.69. The van der Waals surface area contributed by atoms with Crippen LogP contribution in [0.1, 0.15) is 19.8 Å². The van der Waals surface area contributed by atoms with Gasteiger partial charge in [-0.15, -0.1) is 11.8 Å². The summed E-state index contributed by atoms with van der Waals surface area (Å²) in [4.78, 5) is 19.7. The zero-order chi connectivity index (χ0) is 8.53. The molecule has 0 bridgehead atoms. The molecule has 0 N–H and O–H groups in total. The number of rotatable bonds is 5. The van der Waals surface area contributed by atoms with E-state index in [9.17, 15) is 9.81 Å². The van der Waals surface area contributed by atoms with Crippen LogP contribution >= 0.6 is 0 Å². The van der Waals surface area contributed by atoms with Crippen LogP contribution in [-0.2, 0) is 0 Å². The second-order valence-electron chi connectivity index (χ2n) is 2.04. The molecule has 4 nitrogen and oxygen atoms in total. The molecule has 0 saturated heterocycles. The van der Waals surface area contributed by atoms with Crippen molar-refractivity contribution in [3.05, 3.63) is 9.81 Å². The van der Waals surface area contributed by atoms with Gasteiger partial charge in [0.25, 0.3) is 0 Å². The predicted molar refractivity (Wildman–Crippen MR) is 42.9 cm³/mol. The number of nitrogens with zero attached hydrogens (tertiary/aromatic N) is 2. The fourth-order valence-electron chi connectivity index (χ4n) is 0.627. The van der Waals surface area contributed by atoms with Gasteiger partial charge >= 0.3 is 0 Å². The molecule has 11 heavy (non-hydrogen) atoms. The molecule has 0 aliphatic rings. The van der Waals surface area contributed by atoms with Crippen LogP contribution in [0.5, 0.6) is 0 Å². The molecule has 0 heterocycles. The van der Waals surface area contributed by atoms with Gasteiger partial charge in [-0.05, 0) is 13.3 Å². The van der Waals surface area contributed by atoms with Crippen LogP contribution in [0, 0.1) is 21.7 Å². The van der Waals surface area contributed by atoms with Crippen LogP contribution < -0.4 is 0 Å². The van der Waals surface area contributed by atoms with Gasteiger partial charge in [-0.2, -0.15) is 9.81 Å². The van der Waals surface area contributed by atoms with E-state index in [0.29, 0.717) is 12.8 Å². The van der Waals surface area contributed by atoms with E-state index in [1.807, 2.05) is 0 Å². The molecule has 0 aliphatic carbocycles. The van der Waals surface area contributed by atoms with Crippen molar-refractivity contribution in [2.75, 3.05) is 6.54 Å². The molecule has 0 fully saturated rings. The van der Waals surface area contributed by atoms with Crippen LogP contribution in [0.15, 0.2) is 10.4 Å².